The van der Waals surface area contributed by atoms with E-state index < -0.39 is 5.54 Å². The highest BCUT2D eigenvalue weighted by molar-refractivity contribution is 6.11. The lowest BCUT2D eigenvalue weighted by Gasteiger charge is -2.41. The van der Waals surface area contributed by atoms with Crippen molar-refractivity contribution in [2.45, 2.75) is 45.1 Å². The SMILES string of the molecule is CCCCc1ccc(NC(=O)C2(C)CC(=O)N=C3C=CC=CN32)cc1. The van der Waals surface area contributed by atoms with Crippen molar-refractivity contribution in [1.29, 1.82) is 0 Å². The number of nitrogens with one attached hydrogen (secondary N) is 1. The lowest BCUT2D eigenvalue weighted by atomic mass is 9.91. The summed E-state index contributed by atoms with van der Waals surface area (Å²) >= 11 is 0. The number of anilines is 1. The summed E-state index contributed by atoms with van der Waals surface area (Å²) in [5, 5.41) is 2.94. The van der Waals surface area contributed by atoms with Crippen molar-refractivity contribution in [3.63, 3.8) is 0 Å². The molecule has 0 radical (unpaired) electrons. The van der Waals surface area contributed by atoms with Crippen LogP contribution in [0.4, 0.5) is 5.69 Å². The van der Waals surface area contributed by atoms with Crippen LogP contribution in [-0.4, -0.2) is 28.1 Å². The fourth-order valence-electron chi connectivity index (χ4n) is 3.08. The summed E-state index contributed by atoms with van der Waals surface area (Å²) in [4.78, 5) is 30.7. The van der Waals surface area contributed by atoms with E-state index in [1.54, 1.807) is 30.2 Å². The van der Waals surface area contributed by atoms with Gasteiger partial charge < -0.3 is 10.2 Å². The van der Waals surface area contributed by atoms with Crippen LogP contribution in [0.5, 0.6) is 0 Å². The summed E-state index contributed by atoms with van der Waals surface area (Å²) in [6, 6.07) is 7.90. The van der Waals surface area contributed by atoms with Gasteiger partial charge in [-0.25, -0.2) is 0 Å². The highest BCUT2D eigenvalue weighted by atomic mass is 16.2. The van der Waals surface area contributed by atoms with Crippen LogP contribution in [-0.2, 0) is 16.0 Å². The molecule has 25 heavy (non-hydrogen) atoms. The van der Waals surface area contributed by atoms with E-state index in [0.717, 1.165) is 24.9 Å². The average Bonchev–Trinajstić information content (AvgIpc) is 2.61. The highest BCUT2D eigenvalue weighted by Crippen LogP contribution is 2.29. The molecule has 0 spiro atoms. The molecule has 5 heteroatoms. The van der Waals surface area contributed by atoms with Crippen LogP contribution in [0.15, 0.2) is 53.7 Å². The molecule has 0 saturated heterocycles. The van der Waals surface area contributed by atoms with Gasteiger partial charge >= 0.3 is 0 Å². The number of amides is 2. The molecule has 5 nitrogen and oxygen atoms in total. The van der Waals surface area contributed by atoms with Gasteiger partial charge in [-0.15, -0.1) is 0 Å². The molecule has 3 rings (SSSR count). The quantitative estimate of drug-likeness (QED) is 0.895. The Morgan fingerprint density at radius 2 is 2.04 bits per heavy atom. The zero-order valence-electron chi connectivity index (χ0n) is 14.7. The molecule has 2 aliphatic rings. The molecular formula is C20H23N3O2. The third-order valence-corrected chi connectivity index (χ3v) is 4.62. The molecule has 2 heterocycles. The summed E-state index contributed by atoms with van der Waals surface area (Å²) in [6.45, 7) is 3.94. The Bertz CT molecular complexity index is 762. The number of amidine groups is 1. The Morgan fingerprint density at radius 1 is 1.28 bits per heavy atom. The van der Waals surface area contributed by atoms with Gasteiger partial charge in [0.25, 0.3) is 11.8 Å². The number of unbranched alkanes of at least 4 members (excludes halogenated alkanes) is 1. The largest absolute Gasteiger partial charge is 0.324 e. The molecule has 0 aliphatic carbocycles. The number of carbonyl (C=O) groups excluding carboxylic acids is 2. The molecule has 0 fully saturated rings. The zero-order chi connectivity index (χ0) is 17.9. The number of hydrogen-bond donors (Lipinski definition) is 1. The number of fused-ring (bicyclic) bond motifs is 1. The second-order valence-electron chi connectivity index (χ2n) is 6.64. The minimum absolute atomic E-state index is 0.0507. The first kappa shape index (κ1) is 17.1. The van der Waals surface area contributed by atoms with Gasteiger partial charge in [0, 0.05) is 11.9 Å². The highest BCUT2D eigenvalue weighted by Gasteiger charge is 2.45. The standard InChI is InChI=1S/C20H23N3O2/c1-3-4-7-15-9-11-16(12-10-15)21-19(25)20(2)14-18(24)22-17-8-5-6-13-23(17)20/h5-6,8-13H,3-4,7,14H2,1-2H3,(H,21,25). The Kier molecular flexibility index (Phi) is 4.83. The number of carbonyl (C=O) groups is 2. The third-order valence-electron chi connectivity index (χ3n) is 4.62. The predicted molar refractivity (Wildman–Crippen MR) is 99.3 cm³/mol. The number of aliphatic imine (C=N–C) groups is 1. The third kappa shape index (κ3) is 3.55. The van der Waals surface area contributed by atoms with E-state index in [0.29, 0.717) is 5.84 Å². The number of nitrogens with zero attached hydrogens (tertiary/aromatic N) is 2. The lowest BCUT2D eigenvalue weighted by Crippen LogP contribution is -2.58. The minimum Gasteiger partial charge on any atom is -0.324 e. The van der Waals surface area contributed by atoms with Crippen LogP contribution in [0.1, 0.15) is 38.7 Å². The number of hydrogen-bond acceptors (Lipinski definition) is 3. The van der Waals surface area contributed by atoms with Crippen LogP contribution in [0.25, 0.3) is 0 Å². The second kappa shape index (κ2) is 7.05. The molecule has 2 amide bonds. The van der Waals surface area contributed by atoms with Gasteiger partial charge in [0.1, 0.15) is 11.4 Å². The van der Waals surface area contributed by atoms with E-state index in [1.165, 1.54) is 5.56 Å². The van der Waals surface area contributed by atoms with Crippen LogP contribution in [0.3, 0.4) is 0 Å². The van der Waals surface area contributed by atoms with E-state index >= 15 is 0 Å². The molecule has 1 N–H and O–H groups in total. The van der Waals surface area contributed by atoms with E-state index in [4.69, 9.17) is 0 Å². The van der Waals surface area contributed by atoms with Crippen LogP contribution in [0, 0.1) is 0 Å². The van der Waals surface area contributed by atoms with Crippen molar-refractivity contribution < 1.29 is 9.59 Å². The van der Waals surface area contributed by atoms with Gasteiger partial charge in [-0.3, -0.25) is 9.59 Å². The van der Waals surface area contributed by atoms with Gasteiger partial charge in [0.15, 0.2) is 0 Å². The first-order valence-corrected chi connectivity index (χ1v) is 8.69. The molecule has 1 unspecified atom stereocenters. The molecule has 2 aliphatic heterocycles. The van der Waals surface area contributed by atoms with Gasteiger partial charge in [-0.1, -0.05) is 31.6 Å². The van der Waals surface area contributed by atoms with Crippen molar-refractivity contribution >= 4 is 23.3 Å². The van der Waals surface area contributed by atoms with Gasteiger partial charge in [-0.05, 0) is 49.6 Å². The second-order valence-corrected chi connectivity index (χ2v) is 6.64. The van der Waals surface area contributed by atoms with Crippen LogP contribution < -0.4 is 5.32 Å². The zero-order valence-corrected chi connectivity index (χ0v) is 14.7. The van der Waals surface area contributed by atoms with Crippen molar-refractivity contribution in [2.24, 2.45) is 4.99 Å². The van der Waals surface area contributed by atoms with Gasteiger partial charge in [0.2, 0.25) is 0 Å². The van der Waals surface area contributed by atoms with Crippen molar-refractivity contribution in [3.05, 3.63) is 54.3 Å². The summed E-state index contributed by atoms with van der Waals surface area (Å²) in [7, 11) is 0. The van der Waals surface area contributed by atoms with Gasteiger partial charge in [0.05, 0.1) is 6.42 Å². The summed E-state index contributed by atoms with van der Waals surface area (Å²) < 4.78 is 0. The molecule has 0 bridgehead atoms. The molecular weight excluding hydrogens is 314 g/mol. The smallest absolute Gasteiger partial charge is 0.250 e. The van der Waals surface area contributed by atoms with E-state index in [1.807, 2.05) is 30.3 Å². The van der Waals surface area contributed by atoms with Crippen molar-refractivity contribution in [2.75, 3.05) is 5.32 Å². The maximum absolute atomic E-state index is 12.9. The normalized spacial score (nSPS) is 21.8. The first-order valence-electron chi connectivity index (χ1n) is 8.69. The Morgan fingerprint density at radius 3 is 2.76 bits per heavy atom. The molecule has 1 aromatic rings. The Balaban J connectivity index is 1.76. The number of allylic oxidation sites excluding steroid dienone is 2. The van der Waals surface area contributed by atoms with Gasteiger partial charge in [-0.2, -0.15) is 4.99 Å². The molecule has 0 aromatic heterocycles. The minimum atomic E-state index is -0.990. The number of benzene rings is 1. The van der Waals surface area contributed by atoms with E-state index in [9.17, 15) is 9.59 Å². The number of aryl methyl sites for hydroxylation is 1. The Hall–Kier alpha value is -2.69. The summed E-state index contributed by atoms with van der Waals surface area (Å²) in [5.74, 6) is 0.0135. The first-order chi connectivity index (χ1) is 12.0. The Labute approximate surface area is 148 Å². The van der Waals surface area contributed by atoms with E-state index in [-0.39, 0.29) is 18.2 Å². The summed E-state index contributed by atoms with van der Waals surface area (Å²) in [5.41, 5.74) is 1.01. The number of rotatable bonds is 5. The monoisotopic (exact) mass is 337 g/mol. The topological polar surface area (TPSA) is 61.8 Å². The van der Waals surface area contributed by atoms with Crippen LogP contribution in [0.2, 0.25) is 0 Å². The molecule has 1 atom stereocenters. The fourth-order valence-corrected chi connectivity index (χ4v) is 3.08. The fraction of sp³-hybridized carbons (Fsp3) is 0.350. The molecule has 0 saturated carbocycles. The molecule has 130 valence electrons. The maximum atomic E-state index is 12.9. The van der Waals surface area contributed by atoms with Crippen molar-refractivity contribution in [3.8, 4) is 0 Å². The van der Waals surface area contributed by atoms with Crippen LogP contribution >= 0.6 is 0 Å². The average molecular weight is 337 g/mol. The molecule has 1 aromatic carbocycles. The summed E-state index contributed by atoms with van der Waals surface area (Å²) in [6.07, 6.45) is 10.6. The van der Waals surface area contributed by atoms with E-state index in [2.05, 4.69) is 17.2 Å². The predicted octanol–water partition coefficient (Wildman–Crippen LogP) is 3.44. The van der Waals surface area contributed by atoms with Crippen molar-refractivity contribution in [1.82, 2.24) is 4.90 Å². The maximum Gasteiger partial charge on any atom is 0.250 e. The lowest BCUT2D eigenvalue weighted by molar-refractivity contribution is -0.130.